The Bertz CT molecular complexity index is 323. The minimum atomic E-state index is -0.896. The van der Waals surface area contributed by atoms with Crippen LogP contribution in [0.5, 0.6) is 0 Å². The first kappa shape index (κ1) is 21.3. The molecule has 0 aromatic rings. The normalized spacial score (nSPS) is 22.5. The van der Waals surface area contributed by atoms with Crippen molar-refractivity contribution in [3.8, 4) is 0 Å². The number of nitrogens with zero attached hydrogens (tertiary/aromatic N) is 1. The molecule has 0 aliphatic carbocycles. The van der Waals surface area contributed by atoms with Crippen molar-refractivity contribution in [3.05, 3.63) is 0 Å². The molecule has 0 aromatic heterocycles. The van der Waals surface area contributed by atoms with Crippen LogP contribution in [0.2, 0.25) is 0 Å². The third-order valence-electron chi connectivity index (χ3n) is 3.42. The number of hydrogen-bond donors (Lipinski definition) is 3. The summed E-state index contributed by atoms with van der Waals surface area (Å²) in [6, 6.07) is 0. The van der Waals surface area contributed by atoms with Crippen molar-refractivity contribution in [3.63, 3.8) is 0 Å². The van der Waals surface area contributed by atoms with Crippen molar-refractivity contribution in [2.45, 2.75) is 77.9 Å². The molecule has 1 atom stereocenters. The molecular weight excluding hydrogens is 290 g/mol. The summed E-state index contributed by atoms with van der Waals surface area (Å²) >= 11 is 0. The van der Waals surface area contributed by atoms with E-state index in [0.29, 0.717) is 19.4 Å². The molecule has 3 N–H and O–H groups in total. The molecule has 7 heteroatoms. The summed E-state index contributed by atoms with van der Waals surface area (Å²) < 4.78 is 10.7. The summed E-state index contributed by atoms with van der Waals surface area (Å²) in [5.74, 6) is -0.833. The molecule has 1 aliphatic rings. The van der Waals surface area contributed by atoms with E-state index in [9.17, 15) is 10.3 Å². The van der Waals surface area contributed by atoms with Crippen LogP contribution in [0.4, 0.5) is 0 Å². The second-order valence-electron chi connectivity index (χ2n) is 6.74. The lowest BCUT2D eigenvalue weighted by atomic mass is 9.80. The molecule has 7 nitrogen and oxygen atoms in total. The SMILES string of the molecule is CC(=O)O.CCOCC(O)OC1CC(C)(C)N(O)C(C)(C)C1. The zero-order valence-corrected chi connectivity index (χ0v) is 14.5. The fourth-order valence-electron chi connectivity index (χ4n) is 2.76. The molecule has 1 unspecified atom stereocenters. The third-order valence-corrected chi connectivity index (χ3v) is 3.42. The van der Waals surface area contributed by atoms with Crippen LogP contribution in [0.15, 0.2) is 0 Å². The van der Waals surface area contributed by atoms with Crippen LogP contribution in [-0.2, 0) is 14.3 Å². The molecule has 1 fully saturated rings. The Morgan fingerprint density at radius 3 is 2.05 bits per heavy atom. The van der Waals surface area contributed by atoms with Gasteiger partial charge in [-0.25, -0.2) is 0 Å². The Labute approximate surface area is 132 Å². The highest BCUT2D eigenvalue weighted by molar-refractivity contribution is 5.62. The molecule has 0 spiro atoms. The third kappa shape index (κ3) is 7.51. The van der Waals surface area contributed by atoms with E-state index in [4.69, 9.17) is 19.4 Å². The topological polar surface area (TPSA) is 99.5 Å². The van der Waals surface area contributed by atoms with Crippen LogP contribution in [0.1, 0.15) is 54.4 Å². The number of rotatable bonds is 5. The van der Waals surface area contributed by atoms with Gasteiger partial charge in [0.15, 0.2) is 6.29 Å². The number of aliphatic hydroxyl groups is 1. The number of aliphatic carboxylic acids is 1. The van der Waals surface area contributed by atoms with Crippen LogP contribution in [0.3, 0.4) is 0 Å². The van der Waals surface area contributed by atoms with E-state index in [1.54, 1.807) is 0 Å². The van der Waals surface area contributed by atoms with Gasteiger partial charge in [0.25, 0.3) is 5.97 Å². The van der Waals surface area contributed by atoms with E-state index in [0.717, 1.165) is 6.92 Å². The molecule has 1 saturated heterocycles. The number of hydrogen-bond acceptors (Lipinski definition) is 6. The quantitative estimate of drug-likeness (QED) is 0.665. The fourth-order valence-corrected chi connectivity index (χ4v) is 2.76. The van der Waals surface area contributed by atoms with Crippen molar-refractivity contribution in [2.24, 2.45) is 0 Å². The van der Waals surface area contributed by atoms with Crippen molar-refractivity contribution < 1.29 is 29.7 Å². The van der Waals surface area contributed by atoms with Gasteiger partial charge >= 0.3 is 0 Å². The Balaban J connectivity index is 0.000000980. The number of piperidine rings is 1. The molecule has 132 valence electrons. The van der Waals surface area contributed by atoms with Gasteiger partial charge in [-0.2, -0.15) is 5.06 Å². The Morgan fingerprint density at radius 2 is 1.68 bits per heavy atom. The highest BCUT2D eigenvalue weighted by Gasteiger charge is 2.45. The van der Waals surface area contributed by atoms with Gasteiger partial charge in [-0.15, -0.1) is 0 Å². The van der Waals surface area contributed by atoms with Gasteiger partial charge in [0.05, 0.1) is 12.7 Å². The first-order valence-electron chi connectivity index (χ1n) is 7.52. The van der Waals surface area contributed by atoms with E-state index < -0.39 is 12.3 Å². The van der Waals surface area contributed by atoms with Crippen LogP contribution in [-0.4, -0.2) is 63.1 Å². The van der Waals surface area contributed by atoms with E-state index in [2.05, 4.69) is 0 Å². The molecule has 1 heterocycles. The fraction of sp³-hybridized carbons (Fsp3) is 0.933. The Morgan fingerprint density at radius 1 is 1.27 bits per heavy atom. The summed E-state index contributed by atoms with van der Waals surface area (Å²) in [5, 5.41) is 28.7. The number of carbonyl (C=O) groups is 1. The molecule has 1 aliphatic heterocycles. The first-order chi connectivity index (χ1) is 9.92. The maximum atomic E-state index is 10.1. The number of aliphatic hydroxyl groups excluding tert-OH is 1. The highest BCUT2D eigenvalue weighted by atomic mass is 16.6. The van der Waals surface area contributed by atoms with Gasteiger partial charge in [0.2, 0.25) is 0 Å². The van der Waals surface area contributed by atoms with Crippen molar-refractivity contribution in [2.75, 3.05) is 13.2 Å². The van der Waals surface area contributed by atoms with Gasteiger partial charge < -0.3 is 24.9 Å². The summed E-state index contributed by atoms with van der Waals surface area (Å²) in [7, 11) is 0. The molecule has 0 radical (unpaired) electrons. The standard InChI is InChI=1S/C13H27NO4.C2H4O2/c1-6-17-9-11(15)18-10-7-12(2,3)14(16)13(4,5)8-10;1-2(3)4/h10-11,15-16H,6-9H2,1-5H3;1H3,(H,3,4). The van der Waals surface area contributed by atoms with Gasteiger partial charge in [0.1, 0.15) is 0 Å². The second-order valence-corrected chi connectivity index (χ2v) is 6.74. The van der Waals surface area contributed by atoms with E-state index in [1.807, 2.05) is 34.6 Å². The summed E-state index contributed by atoms with van der Waals surface area (Å²) in [6.07, 6.45) is 0.382. The van der Waals surface area contributed by atoms with E-state index in [1.165, 1.54) is 5.06 Å². The molecule has 0 bridgehead atoms. The van der Waals surface area contributed by atoms with Gasteiger partial charge in [-0.3, -0.25) is 4.79 Å². The number of hydroxylamine groups is 2. The zero-order valence-electron chi connectivity index (χ0n) is 14.5. The van der Waals surface area contributed by atoms with Crippen LogP contribution >= 0.6 is 0 Å². The summed E-state index contributed by atoms with van der Waals surface area (Å²) in [4.78, 5) is 9.00. The van der Waals surface area contributed by atoms with Crippen molar-refractivity contribution >= 4 is 5.97 Å². The molecule has 0 aromatic carbocycles. The van der Waals surface area contributed by atoms with Gasteiger partial charge in [0, 0.05) is 24.6 Å². The molecule has 1 rings (SSSR count). The maximum absolute atomic E-state index is 10.1. The number of carboxylic acid groups (broad SMARTS) is 1. The maximum Gasteiger partial charge on any atom is 0.300 e. The van der Waals surface area contributed by atoms with Gasteiger partial charge in [-0.05, 0) is 47.5 Å². The zero-order chi connectivity index (χ0) is 17.6. The summed E-state index contributed by atoms with van der Waals surface area (Å²) in [5.41, 5.74) is -0.727. The first-order valence-corrected chi connectivity index (χ1v) is 7.52. The van der Waals surface area contributed by atoms with Crippen molar-refractivity contribution in [1.82, 2.24) is 5.06 Å². The highest BCUT2D eigenvalue weighted by Crippen LogP contribution is 2.38. The predicted molar refractivity (Wildman–Crippen MR) is 81.7 cm³/mol. The monoisotopic (exact) mass is 321 g/mol. The Kier molecular flexibility index (Phi) is 8.49. The lowest BCUT2D eigenvalue weighted by Gasteiger charge is -2.51. The average molecular weight is 321 g/mol. The molecule has 22 heavy (non-hydrogen) atoms. The lowest BCUT2D eigenvalue weighted by Crippen LogP contribution is -2.60. The minimum absolute atomic E-state index is 0.0751. The summed E-state index contributed by atoms with van der Waals surface area (Å²) in [6.45, 7) is 11.6. The van der Waals surface area contributed by atoms with E-state index in [-0.39, 0.29) is 23.8 Å². The van der Waals surface area contributed by atoms with Gasteiger partial charge in [-0.1, -0.05) is 0 Å². The molecular formula is C15H31NO6. The average Bonchev–Trinajstić information content (AvgIpc) is 2.32. The van der Waals surface area contributed by atoms with Crippen LogP contribution < -0.4 is 0 Å². The Hall–Kier alpha value is -0.730. The van der Waals surface area contributed by atoms with Crippen LogP contribution in [0.25, 0.3) is 0 Å². The molecule has 0 saturated carbocycles. The minimum Gasteiger partial charge on any atom is -0.481 e. The number of carboxylic acids is 1. The lowest BCUT2D eigenvalue weighted by molar-refractivity contribution is -0.277. The van der Waals surface area contributed by atoms with E-state index >= 15 is 0 Å². The largest absolute Gasteiger partial charge is 0.481 e. The predicted octanol–water partition coefficient (Wildman–Crippen LogP) is 1.86. The smallest absolute Gasteiger partial charge is 0.300 e. The molecule has 0 amide bonds. The second kappa shape index (κ2) is 8.79. The van der Waals surface area contributed by atoms with Crippen LogP contribution in [0, 0.1) is 0 Å². The number of ether oxygens (including phenoxy) is 2. The van der Waals surface area contributed by atoms with Crippen molar-refractivity contribution in [1.29, 1.82) is 0 Å².